The Morgan fingerprint density at radius 1 is 1.25 bits per heavy atom. The average Bonchev–Trinajstić information content (AvgIpc) is 2.91. The molecule has 0 radical (unpaired) electrons. The Morgan fingerprint density at radius 2 is 2.00 bits per heavy atom. The van der Waals surface area contributed by atoms with E-state index in [1.165, 1.54) is 4.88 Å². The first kappa shape index (κ1) is 14.6. The van der Waals surface area contributed by atoms with E-state index in [1.54, 1.807) is 29.5 Å². The van der Waals surface area contributed by atoms with E-state index in [4.69, 9.17) is 0 Å². The highest BCUT2D eigenvalue weighted by Crippen LogP contribution is 2.19. The van der Waals surface area contributed by atoms with E-state index in [2.05, 4.69) is 0 Å². The summed E-state index contributed by atoms with van der Waals surface area (Å²) in [6, 6.07) is 11.2. The highest BCUT2D eigenvalue weighted by atomic mass is 32.1. The number of rotatable bonds is 5. The van der Waals surface area contributed by atoms with E-state index >= 15 is 0 Å². The molecule has 0 bridgehead atoms. The second-order valence-corrected chi connectivity index (χ2v) is 6.03. The zero-order chi connectivity index (χ0) is 14.5. The van der Waals surface area contributed by atoms with E-state index in [0.717, 1.165) is 0 Å². The van der Waals surface area contributed by atoms with Crippen LogP contribution in [0.4, 0.5) is 0 Å². The molecule has 0 unspecified atom stereocenters. The van der Waals surface area contributed by atoms with Crippen molar-refractivity contribution in [1.82, 2.24) is 4.90 Å². The van der Waals surface area contributed by atoms with Crippen LogP contribution in [0.2, 0.25) is 0 Å². The van der Waals surface area contributed by atoms with Gasteiger partial charge in [0.2, 0.25) is 5.91 Å². The molecule has 0 atom stereocenters. The first-order chi connectivity index (χ1) is 9.58. The van der Waals surface area contributed by atoms with Gasteiger partial charge in [0.1, 0.15) is 5.75 Å². The zero-order valence-electron chi connectivity index (χ0n) is 11.7. The molecule has 0 aliphatic carbocycles. The summed E-state index contributed by atoms with van der Waals surface area (Å²) in [7, 11) is 0. The van der Waals surface area contributed by atoms with Gasteiger partial charge in [-0.2, -0.15) is 0 Å². The van der Waals surface area contributed by atoms with Crippen molar-refractivity contribution in [1.29, 1.82) is 0 Å². The van der Waals surface area contributed by atoms with E-state index < -0.39 is 0 Å². The Hall–Kier alpha value is -1.81. The maximum Gasteiger partial charge on any atom is 0.227 e. The van der Waals surface area contributed by atoms with Crippen LogP contribution in [0, 0.1) is 0 Å². The molecule has 4 heteroatoms. The Kier molecular flexibility index (Phi) is 4.79. The van der Waals surface area contributed by atoms with Gasteiger partial charge in [-0.1, -0.05) is 24.3 Å². The lowest BCUT2D eigenvalue weighted by Gasteiger charge is -2.26. The van der Waals surface area contributed by atoms with Crippen LogP contribution in [-0.2, 0) is 17.8 Å². The minimum atomic E-state index is 0.0369. The zero-order valence-corrected chi connectivity index (χ0v) is 12.6. The number of amides is 1. The number of para-hydroxylation sites is 1. The van der Waals surface area contributed by atoms with Crippen LogP contribution >= 0.6 is 11.3 Å². The monoisotopic (exact) mass is 289 g/mol. The molecule has 0 fully saturated rings. The van der Waals surface area contributed by atoms with E-state index in [-0.39, 0.29) is 24.1 Å². The van der Waals surface area contributed by atoms with Crippen molar-refractivity contribution in [2.24, 2.45) is 0 Å². The molecule has 0 aliphatic rings. The molecule has 1 amide bonds. The van der Waals surface area contributed by atoms with Crippen LogP contribution in [0.25, 0.3) is 0 Å². The summed E-state index contributed by atoms with van der Waals surface area (Å²) in [5.41, 5.74) is 0.675. The van der Waals surface area contributed by atoms with Gasteiger partial charge in [-0.25, -0.2) is 0 Å². The third-order valence-electron chi connectivity index (χ3n) is 3.18. The van der Waals surface area contributed by atoms with Crippen molar-refractivity contribution in [3.8, 4) is 5.75 Å². The number of phenolic OH excluding ortho intramolecular Hbond substituents is 1. The summed E-state index contributed by atoms with van der Waals surface area (Å²) in [5, 5.41) is 11.8. The van der Waals surface area contributed by atoms with Crippen LogP contribution in [0.1, 0.15) is 24.3 Å². The van der Waals surface area contributed by atoms with E-state index in [9.17, 15) is 9.90 Å². The highest BCUT2D eigenvalue weighted by Gasteiger charge is 2.19. The molecule has 106 valence electrons. The Balaban J connectivity index is 2.09. The van der Waals surface area contributed by atoms with Crippen LogP contribution in [0.5, 0.6) is 5.75 Å². The molecular formula is C16H19NO2S. The van der Waals surface area contributed by atoms with Crippen LogP contribution in [-0.4, -0.2) is 22.0 Å². The molecule has 0 saturated heterocycles. The summed E-state index contributed by atoms with van der Waals surface area (Å²) >= 11 is 1.65. The Bertz CT molecular complexity index is 564. The van der Waals surface area contributed by atoms with E-state index in [0.29, 0.717) is 12.1 Å². The van der Waals surface area contributed by atoms with Crippen LogP contribution < -0.4 is 0 Å². The minimum Gasteiger partial charge on any atom is -0.508 e. The maximum atomic E-state index is 12.5. The number of aromatic hydroxyl groups is 1. The molecule has 0 spiro atoms. The van der Waals surface area contributed by atoms with Gasteiger partial charge >= 0.3 is 0 Å². The van der Waals surface area contributed by atoms with Gasteiger partial charge in [-0.3, -0.25) is 4.79 Å². The second-order valence-electron chi connectivity index (χ2n) is 5.00. The summed E-state index contributed by atoms with van der Waals surface area (Å²) in [4.78, 5) is 15.5. The molecule has 0 aliphatic heterocycles. The SMILES string of the molecule is CC(C)N(Cc1cccs1)C(=O)Cc1ccccc1O. The van der Waals surface area contributed by atoms with Crippen molar-refractivity contribution < 1.29 is 9.90 Å². The predicted molar refractivity (Wildman–Crippen MR) is 81.8 cm³/mol. The topological polar surface area (TPSA) is 40.5 Å². The fourth-order valence-electron chi connectivity index (χ4n) is 2.05. The van der Waals surface area contributed by atoms with Crippen LogP contribution in [0.3, 0.4) is 0 Å². The lowest BCUT2D eigenvalue weighted by Crippen LogP contribution is -2.37. The molecular weight excluding hydrogens is 270 g/mol. The van der Waals surface area contributed by atoms with Crippen molar-refractivity contribution in [2.45, 2.75) is 32.9 Å². The Morgan fingerprint density at radius 3 is 2.60 bits per heavy atom. The number of nitrogens with zero attached hydrogens (tertiary/aromatic N) is 1. The number of hydrogen-bond acceptors (Lipinski definition) is 3. The number of hydrogen-bond donors (Lipinski definition) is 1. The standard InChI is InChI=1S/C16H19NO2S/c1-12(2)17(11-14-7-5-9-20-14)16(19)10-13-6-3-4-8-15(13)18/h3-9,12,18H,10-11H2,1-2H3. The highest BCUT2D eigenvalue weighted by molar-refractivity contribution is 7.09. The van der Waals surface area contributed by atoms with Gasteiger partial charge in [0, 0.05) is 16.5 Å². The molecule has 1 aromatic heterocycles. The fourth-order valence-corrected chi connectivity index (χ4v) is 2.76. The smallest absolute Gasteiger partial charge is 0.227 e. The predicted octanol–water partition coefficient (Wildman–Crippen LogP) is 3.43. The lowest BCUT2D eigenvalue weighted by molar-refractivity contribution is -0.132. The summed E-state index contributed by atoms with van der Waals surface area (Å²) in [5.74, 6) is 0.218. The minimum absolute atomic E-state index is 0.0369. The lowest BCUT2D eigenvalue weighted by atomic mass is 10.1. The van der Waals surface area contributed by atoms with Gasteiger partial charge in [0.15, 0.2) is 0 Å². The number of benzene rings is 1. The van der Waals surface area contributed by atoms with Gasteiger partial charge in [-0.15, -0.1) is 11.3 Å². The third-order valence-corrected chi connectivity index (χ3v) is 4.04. The molecule has 1 aromatic carbocycles. The molecule has 2 rings (SSSR count). The summed E-state index contributed by atoms with van der Waals surface area (Å²) in [6.07, 6.45) is 0.232. The number of thiophene rings is 1. The number of carbonyl (C=O) groups excluding carboxylic acids is 1. The third kappa shape index (κ3) is 3.61. The van der Waals surface area contributed by atoms with Crippen molar-refractivity contribution in [2.75, 3.05) is 0 Å². The molecule has 1 heterocycles. The van der Waals surface area contributed by atoms with Gasteiger partial charge in [0.05, 0.1) is 13.0 Å². The quantitative estimate of drug-likeness (QED) is 0.916. The molecule has 2 aromatic rings. The number of phenols is 1. The van der Waals surface area contributed by atoms with E-state index in [1.807, 2.05) is 42.3 Å². The van der Waals surface area contributed by atoms with Crippen molar-refractivity contribution in [3.05, 3.63) is 52.2 Å². The first-order valence-electron chi connectivity index (χ1n) is 6.66. The van der Waals surface area contributed by atoms with Gasteiger partial charge < -0.3 is 10.0 Å². The van der Waals surface area contributed by atoms with Gasteiger partial charge in [-0.05, 0) is 31.4 Å². The molecule has 1 N–H and O–H groups in total. The summed E-state index contributed by atoms with van der Waals surface area (Å²) in [6.45, 7) is 4.65. The maximum absolute atomic E-state index is 12.5. The molecule has 3 nitrogen and oxygen atoms in total. The average molecular weight is 289 g/mol. The fraction of sp³-hybridized carbons (Fsp3) is 0.312. The first-order valence-corrected chi connectivity index (χ1v) is 7.54. The normalized spacial score (nSPS) is 10.8. The largest absolute Gasteiger partial charge is 0.508 e. The summed E-state index contributed by atoms with van der Waals surface area (Å²) < 4.78 is 0. The molecule has 0 saturated carbocycles. The van der Waals surface area contributed by atoms with Crippen LogP contribution in [0.15, 0.2) is 41.8 Å². The second kappa shape index (κ2) is 6.57. The van der Waals surface area contributed by atoms with Crippen molar-refractivity contribution >= 4 is 17.2 Å². The van der Waals surface area contributed by atoms with Crippen molar-refractivity contribution in [3.63, 3.8) is 0 Å². The number of carbonyl (C=O) groups is 1. The Labute approximate surface area is 123 Å². The molecule has 20 heavy (non-hydrogen) atoms. The van der Waals surface area contributed by atoms with Gasteiger partial charge in [0.25, 0.3) is 0 Å².